The molecule has 0 aliphatic rings. The predicted octanol–water partition coefficient (Wildman–Crippen LogP) is 2.79. The van der Waals surface area contributed by atoms with Crippen LogP contribution in [0.5, 0.6) is 0 Å². The second-order valence-corrected chi connectivity index (χ2v) is 4.95. The Morgan fingerprint density at radius 3 is 2.90 bits per heavy atom. The molecule has 1 heterocycles. The molecule has 0 atom stereocenters. The number of benzene rings is 1. The fourth-order valence-electron chi connectivity index (χ4n) is 2.20. The summed E-state index contributed by atoms with van der Waals surface area (Å²) < 4.78 is 0. The number of carbonyl (C=O) groups is 1. The molecule has 0 saturated heterocycles. The number of aromatic nitrogens is 1. The zero-order valence-electron chi connectivity index (χ0n) is 12.5. The van der Waals surface area contributed by atoms with Crippen LogP contribution in [0.25, 0.3) is 0 Å². The van der Waals surface area contributed by atoms with Gasteiger partial charge < -0.3 is 10.6 Å². The molecule has 0 spiro atoms. The van der Waals surface area contributed by atoms with Crippen molar-refractivity contribution >= 4 is 11.6 Å². The molecule has 2 N–H and O–H groups in total. The highest BCUT2D eigenvalue weighted by atomic mass is 16.1. The van der Waals surface area contributed by atoms with Crippen molar-refractivity contribution in [1.29, 1.82) is 0 Å². The van der Waals surface area contributed by atoms with Crippen molar-refractivity contribution in [3.8, 4) is 0 Å². The van der Waals surface area contributed by atoms with Crippen molar-refractivity contribution < 1.29 is 4.79 Å². The van der Waals surface area contributed by atoms with E-state index in [-0.39, 0.29) is 5.91 Å². The summed E-state index contributed by atoms with van der Waals surface area (Å²) in [5.74, 6) is -0.0910. The minimum atomic E-state index is -0.0910. The number of nitrogens with zero attached hydrogens (tertiary/aromatic N) is 1. The van der Waals surface area contributed by atoms with Gasteiger partial charge >= 0.3 is 0 Å². The summed E-state index contributed by atoms with van der Waals surface area (Å²) in [6, 6.07) is 10.1. The summed E-state index contributed by atoms with van der Waals surface area (Å²) >= 11 is 0. The topological polar surface area (TPSA) is 54.0 Å². The summed E-state index contributed by atoms with van der Waals surface area (Å²) in [7, 11) is 0. The molecule has 21 heavy (non-hydrogen) atoms. The number of amides is 1. The van der Waals surface area contributed by atoms with Gasteiger partial charge in [-0.3, -0.25) is 9.78 Å². The molecular formula is C17H21N3O. The maximum atomic E-state index is 12.2. The van der Waals surface area contributed by atoms with E-state index in [1.165, 1.54) is 11.1 Å². The van der Waals surface area contributed by atoms with Gasteiger partial charge in [-0.05, 0) is 31.9 Å². The van der Waals surface area contributed by atoms with Crippen LogP contribution in [0.1, 0.15) is 28.4 Å². The van der Waals surface area contributed by atoms with Crippen molar-refractivity contribution in [2.24, 2.45) is 0 Å². The minimum absolute atomic E-state index is 0.0910. The lowest BCUT2D eigenvalue weighted by molar-refractivity contribution is 0.0954. The lowest BCUT2D eigenvalue weighted by atomic mass is 10.1. The van der Waals surface area contributed by atoms with Crippen LogP contribution >= 0.6 is 0 Å². The molecule has 110 valence electrons. The molecule has 1 amide bonds. The first-order valence-corrected chi connectivity index (χ1v) is 7.22. The Morgan fingerprint density at radius 1 is 1.29 bits per heavy atom. The van der Waals surface area contributed by atoms with Crippen molar-refractivity contribution in [3.05, 3.63) is 59.4 Å². The number of rotatable bonds is 6. The maximum Gasteiger partial charge on any atom is 0.254 e. The molecule has 0 saturated carbocycles. The third-order valence-electron chi connectivity index (χ3n) is 3.21. The molecule has 0 aliphatic carbocycles. The van der Waals surface area contributed by atoms with Gasteiger partial charge in [-0.15, -0.1) is 0 Å². The first-order valence-electron chi connectivity index (χ1n) is 7.22. The van der Waals surface area contributed by atoms with E-state index < -0.39 is 0 Å². The molecule has 0 fully saturated rings. The van der Waals surface area contributed by atoms with Crippen LogP contribution in [-0.4, -0.2) is 24.0 Å². The lowest BCUT2D eigenvalue weighted by Gasteiger charge is -2.10. The van der Waals surface area contributed by atoms with Crippen LogP contribution in [0.4, 0.5) is 5.69 Å². The Bertz CT molecular complexity index is 610. The quantitative estimate of drug-likeness (QED) is 0.857. The van der Waals surface area contributed by atoms with Gasteiger partial charge in [0.15, 0.2) is 0 Å². The standard InChI is InChI=1S/C17H21N3O/c1-3-19-16-8-9-18-12-15(16)17(21)20-10-7-14-6-4-5-13(2)11-14/h4-6,8-9,11-12H,3,7,10H2,1-2H3,(H,18,19)(H,20,21). The second kappa shape index (κ2) is 7.43. The predicted molar refractivity (Wildman–Crippen MR) is 85.6 cm³/mol. The average Bonchev–Trinajstić information content (AvgIpc) is 2.48. The molecule has 1 aromatic carbocycles. The van der Waals surface area contributed by atoms with E-state index in [4.69, 9.17) is 0 Å². The average molecular weight is 283 g/mol. The lowest BCUT2D eigenvalue weighted by Crippen LogP contribution is -2.26. The van der Waals surface area contributed by atoms with E-state index >= 15 is 0 Å². The molecule has 0 unspecified atom stereocenters. The Labute approximate surface area is 125 Å². The number of anilines is 1. The first-order chi connectivity index (χ1) is 10.2. The van der Waals surface area contributed by atoms with Crippen molar-refractivity contribution in [2.75, 3.05) is 18.4 Å². The van der Waals surface area contributed by atoms with Gasteiger partial charge in [0.05, 0.1) is 11.3 Å². The van der Waals surface area contributed by atoms with E-state index in [2.05, 4.69) is 40.7 Å². The molecule has 4 heteroatoms. The molecule has 0 aliphatic heterocycles. The van der Waals surface area contributed by atoms with Crippen LogP contribution in [0, 0.1) is 6.92 Å². The summed E-state index contributed by atoms with van der Waals surface area (Å²) in [6.07, 6.45) is 4.10. The molecular weight excluding hydrogens is 262 g/mol. The molecule has 4 nitrogen and oxygen atoms in total. The normalized spacial score (nSPS) is 10.2. The van der Waals surface area contributed by atoms with Gasteiger partial charge in [0, 0.05) is 25.5 Å². The van der Waals surface area contributed by atoms with Crippen LogP contribution < -0.4 is 10.6 Å². The third kappa shape index (κ3) is 4.31. The summed E-state index contributed by atoms with van der Waals surface area (Å²) in [5.41, 5.74) is 3.87. The Kier molecular flexibility index (Phi) is 5.32. The Morgan fingerprint density at radius 2 is 2.14 bits per heavy atom. The molecule has 1 aromatic heterocycles. The Balaban J connectivity index is 1.93. The van der Waals surface area contributed by atoms with Gasteiger partial charge in [0.1, 0.15) is 0 Å². The maximum absolute atomic E-state index is 12.2. The van der Waals surface area contributed by atoms with E-state index in [0.29, 0.717) is 12.1 Å². The van der Waals surface area contributed by atoms with Crippen molar-refractivity contribution in [3.63, 3.8) is 0 Å². The second-order valence-electron chi connectivity index (χ2n) is 4.95. The third-order valence-corrected chi connectivity index (χ3v) is 3.21. The molecule has 2 aromatic rings. The first kappa shape index (κ1) is 15.0. The number of pyridine rings is 1. The van der Waals surface area contributed by atoms with Gasteiger partial charge in [0.25, 0.3) is 5.91 Å². The smallest absolute Gasteiger partial charge is 0.254 e. The monoisotopic (exact) mass is 283 g/mol. The summed E-state index contributed by atoms with van der Waals surface area (Å²) in [5, 5.41) is 6.12. The zero-order valence-corrected chi connectivity index (χ0v) is 12.5. The number of carbonyl (C=O) groups excluding carboxylic acids is 1. The number of hydrogen-bond acceptors (Lipinski definition) is 3. The van der Waals surface area contributed by atoms with Crippen molar-refractivity contribution in [2.45, 2.75) is 20.3 Å². The van der Waals surface area contributed by atoms with E-state index in [9.17, 15) is 4.79 Å². The van der Waals surface area contributed by atoms with Gasteiger partial charge in [0.2, 0.25) is 0 Å². The van der Waals surface area contributed by atoms with E-state index in [0.717, 1.165) is 18.7 Å². The summed E-state index contributed by atoms with van der Waals surface area (Å²) in [4.78, 5) is 16.2. The van der Waals surface area contributed by atoms with Crippen LogP contribution in [0.2, 0.25) is 0 Å². The fraction of sp³-hybridized carbons (Fsp3) is 0.294. The number of aryl methyl sites for hydroxylation is 1. The largest absolute Gasteiger partial charge is 0.385 e. The summed E-state index contributed by atoms with van der Waals surface area (Å²) in [6.45, 7) is 5.45. The number of hydrogen-bond donors (Lipinski definition) is 2. The highest BCUT2D eigenvalue weighted by Crippen LogP contribution is 2.13. The van der Waals surface area contributed by atoms with Crippen molar-refractivity contribution in [1.82, 2.24) is 10.3 Å². The van der Waals surface area contributed by atoms with E-state index in [1.807, 2.05) is 19.1 Å². The highest BCUT2D eigenvalue weighted by Gasteiger charge is 2.10. The SMILES string of the molecule is CCNc1ccncc1C(=O)NCCc1cccc(C)c1. The van der Waals surface area contributed by atoms with Crippen LogP contribution in [0.3, 0.4) is 0 Å². The fourth-order valence-corrected chi connectivity index (χ4v) is 2.20. The van der Waals surface area contributed by atoms with Crippen LogP contribution in [0.15, 0.2) is 42.7 Å². The molecule has 2 rings (SSSR count). The van der Waals surface area contributed by atoms with Gasteiger partial charge in [-0.25, -0.2) is 0 Å². The Hall–Kier alpha value is -2.36. The molecule has 0 radical (unpaired) electrons. The van der Waals surface area contributed by atoms with E-state index in [1.54, 1.807) is 12.4 Å². The number of nitrogens with one attached hydrogen (secondary N) is 2. The van der Waals surface area contributed by atoms with Gasteiger partial charge in [-0.2, -0.15) is 0 Å². The zero-order chi connectivity index (χ0) is 15.1. The molecule has 0 bridgehead atoms. The van der Waals surface area contributed by atoms with Crippen LogP contribution in [-0.2, 0) is 6.42 Å². The van der Waals surface area contributed by atoms with Gasteiger partial charge in [-0.1, -0.05) is 29.8 Å². The highest BCUT2D eigenvalue weighted by molar-refractivity contribution is 5.99. The minimum Gasteiger partial charge on any atom is -0.385 e.